The summed E-state index contributed by atoms with van der Waals surface area (Å²) in [6.07, 6.45) is 3.61. The van der Waals surface area contributed by atoms with Gasteiger partial charge in [-0.3, -0.25) is 4.99 Å². The molecule has 2 unspecified atom stereocenters. The highest BCUT2D eigenvalue weighted by Crippen LogP contribution is 2.38. The van der Waals surface area contributed by atoms with Crippen LogP contribution in [0.2, 0.25) is 5.02 Å². The van der Waals surface area contributed by atoms with Crippen LogP contribution in [0.1, 0.15) is 24.8 Å². The number of aryl methyl sites for hydroxylation is 1. The van der Waals surface area contributed by atoms with E-state index in [2.05, 4.69) is 39.2 Å². The molecule has 0 saturated carbocycles. The van der Waals surface area contributed by atoms with Crippen LogP contribution >= 0.6 is 35.6 Å². The number of aliphatic imine (C=N–C) groups is 1. The van der Waals surface area contributed by atoms with E-state index in [4.69, 9.17) is 16.3 Å². The minimum atomic E-state index is 0. The lowest BCUT2D eigenvalue weighted by Crippen LogP contribution is -2.43. The highest BCUT2D eigenvalue weighted by Gasteiger charge is 2.42. The molecule has 4 rings (SSSR count). The number of hydrogen-bond acceptors (Lipinski definition) is 3. The number of hydrogen-bond donors (Lipinski definition) is 1. The van der Waals surface area contributed by atoms with Crippen LogP contribution in [0.3, 0.4) is 0 Å². The summed E-state index contributed by atoms with van der Waals surface area (Å²) in [6, 6.07) is 6.18. The number of anilines is 1. The summed E-state index contributed by atoms with van der Waals surface area (Å²) in [5.74, 6) is 1.68. The number of benzene rings is 1. The van der Waals surface area contributed by atoms with Gasteiger partial charge in [-0.25, -0.2) is 0 Å². The van der Waals surface area contributed by atoms with Gasteiger partial charge in [-0.2, -0.15) is 0 Å². The standard InChI is InChI=1S/C21H31ClN4O.HI/c1-16-3-4-18(22)11-19(16)25-8-5-17(13-25)12-24-20(23-2)26-9-6-21(14-26)7-10-27-15-21;/h3-4,11,17H,5-10,12-15H2,1-2H3,(H,23,24);1H. The molecule has 3 fully saturated rings. The van der Waals surface area contributed by atoms with E-state index in [0.717, 1.165) is 56.9 Å². The Balaban J connectivity index is 0.00000225. The number of ether oxygens (including phenoxy) is 1. The summed E-state index contributed by atoms with van der Waals surface area (Å²) in [4.78, 5) is 9.44. The Hall–Kier alpha value is -0.730. The summed E-state index contributed by atoms with van der Waals surface area (Å²) in [7, 11) is 1.90. The molecular weight excluding hydrogens is 487 g/mol. The zero-order valence-electron chi connectivity index (χ0n) is 16.9. The predicted molar refractivity (Wildman–Crippen MR) is 127 cm³/mol. The largest absolute Gasteiger partial charge is 0.381 e. The SMILES string of the molecule is CN=C(NCC1CCN(c2cc(Cl)ccc2C)C1)N1CCC2(CCOC2)C1.I. The van der Waals surface area contributed by atoms with Crippen molar-refractivity contribution < 1.29 is 4.74 Å². The molecule has 0 amide bonds. The van der Waals surface area contributed by atoms with Gasteiger partial charge < -0.3 is 19.9 Å². The first kappa shape index (κ1) is 22.0. The highest BCUT2D eigenvalue weighted by atomic mass is 127. The monoisotopic (exact) mass is 518 g/mol. The molecule has 3 heterocycles. The number of halogens is 2. The zero-order valence-corrected chi connectivity index (χ0v) is 20.0. The lowest BCUT2D eigenvalue weighted by atomic mass is 9.87. The second kappa shape index (κ2) is 9.39. The van der Waals surface area contributed by atoms with Gasteiger partial charge in [0.15, 0.2) is 5.96 Å². The van der Waals surface area contributed by atoms with Gasteiger partial charge in [0.25, 0.3) is 0 Å². The van der Waals surface area contributed by atoms with Gasteiger partial charge in [-0.05, 0) is 49.8 Å². The smallest absolute Gasteiger partial charge is 0.193 e. The van der Waals surface area contributed by atoms with Crippen LogP contribution in [-0.4, -0.2) is 63.8 Å². The van der Waals surface area contributed by atoms with E-state index >= 15 is 0 Å². The molecule has 3 aliphatic rings. The maximum atomic E-state index is 6.21. The van der Waals surface area contributed by atoms with Crippen LogP contribution in [0, 0.1) is 18.3 Å². The Bertz CT molecular complexity index is 708. The average Bonchev–Trinajstić information content (AvgIpc) is 3.41. The van der Waals surface area contributed by atoms with E-state index in [-0.39, 0.29) is 24.0 Å². The highest BCUT2D eigenvalue weighted by molar-refractivity contribution is 14.0. The van der Waals surface area contributed by atoms with Gasteiger partial charge in [0.2, 0.25) is 0 Å². The fourth-order valence-electron chi connectivity index (χ4n) is 4.80. The van der Waals surface area contributed by atoms with Crippen molar-refractivity contribution in [3.63, 3.8) is 0 Å². The molecular formula is C21H32ClIN4O. The third-order valence-electron chi connectivity index (χ3n) is 6.48. The van der Waals surface area contributed by atoms with Crippen molar-refractivity contribution in [2.24, 2.45) is 16.3 Å². The third-order valence-corrected chi connectivity index (χ3v) is 6.72. The number of rotatable bonds is 3. The molecule has 5 nitrogen and oxygen atoms in total. The van der Waals surface area contributed by atoms with E-state index in [0.29, 0.717) is 11.3 Å². The van der Waals surface area contributed by atoms with E-state index in [9.17, 15) is 0 Å². The first-order valence-electron chi connectivity index (χ1n) is 10.1. The number of guanidine groups is 1. The Morgan fingerprint density at radius 1 is 1.36 bits per heavy atom. The van der Waals surface area contributed by atoms with Crippen LogP contribution in [0.25, 0.3) is 0 Å². The van der Waals surface area contributed by atoms with Gasteiger partial charge in [0.05, 0.1) is 6.61 Å². The topological polar surface area (TPSA) is 40.1 Å². The number of likely N-dealkylation sites (tertiary alicyclic amines) is 1. The minimum absolute atomic E-state index is 0. The summed E-state index contributed by atoms with van der Waals surface area (Å²) in [5.41, 5.74) is 2.94. The van der Waals surface area contributed by atoms with Crippen LogP contribution < -0.4 is 10.2 Å². The molecule has 0 aliphatic carbocycles. The van der Waals surface area contributed by atoms with Gasteiger partial charge in [0, 0.05) is 62.5 Å². The fraction of sp³-hybridized carbons (Fsp3) is 0.667. The van der Waals surface area contributed by atoms with Gasteiger partial charge >= 0.3 is 0 Å². The van der Waals surface area contributed by atoms with Crippen molar-refractivity contribution in [2.45, 2.75) is 26.2 Å². The van der Waals surface area contributed by atoms with Crippen molar-refractivity contribution >= 4 is 47.2 Å². The summed E-state index contributed by atoms with van der Waals surface area (Å²) >= 11 is 6.21. The average molecular weight is 519 g/mol. The maximum absolute atomic E-state index is 6.21. The molecule has 1 aromatic rings. The van der Waals surface area contributed by atoms with Crippen LogP contribution in [-0.2, 0) is 4.74 Å². The molecule has 1 N–H and O–H groups in total. The van der Waals surface area contributed by atoms with Gasteiger partial charge in [-0.1, -0.05) is 17.7 Å². The Kier molecular flexibility index (Phi) is 7.37. The fourth-order valence-corrected chi connectivity index (χ4v) is 4.96. The first-order chi connectivity index (χ1) is 13.1. The normalized spacial score (nSPS) is 27.5. The van der Waals surface area contributed by atoms with Crippen LogP contribution in [0.5, 0.6) is 0 Å². The zero-order chi connectivity index (χ0) is 18.9. The molecule has 1 spiro atoms. The molecule has 0 bridgehead atoms. The second-order valence-electron chi connectivity index (χ2n) is 8.43. The molecule has 3 aliphatic heterocycles. The van der Waals surface area contributed by atoms with Crippen molar-refractivity contribution in [3.05, 3.63) is 28.8 Å². The quantitative estimate of drug-likeness (QED) is 0.376. The lowest BCUT2D eigenvalue weighted by molar-refractivity contribution is 0.156. The molecule has 0 radical (unpaired) electrons. The van der Waals surface area contributed by atoms with Crippen molar-refractivity contribution in [3.8, 4) is 0 Å². The van der Waals surface area contributed by atoms with E-state index in [1.807, 2.05) is 13.1 Å². The lowest BCUT2D eigenvalue weighted by Gasteiger charge is -2.26. The molecule has 2 atom stereocenters. The van der Waals surface area contributed by atoms with Crippen molar-refractivity contribution in [2.75, 3.05) is 57.9 Å². The van der Waals surface area contributed by atoms with Crippen LogP contribution in [0.4, 0.5) is 5.69 Å². The van der Waals surface area contributed by atoms with E-state index in [1.165, 1.54) is 30.5 Å². The van der Waals surface area contributed by atoms with E-state index < -0.39 is 0 Å². The summed E-state index contributed by atoms with van der Waals surface area (Å²) in [6.45, 7) is 9.29. The number of nitrogens with one attached hydrogen (secondary N) is 1. The van der Waals surface area contributed by atoms with Crippen molar-refractivity contribution in [1.82, 2.24) is 10.2 Å². The summed E-state index contributed by atoms with van der Waals surface area (Å²) in [5, 5.41) is 4.46. The third kappa shape index (κ3) is 4.70. The molecule has 1 aromatic carbocycles. The number of nitrogens with zero attached hydrogens (tertiary/aromatic N) is 3. The van der Waals surface area contributed by atoms with Gasteiger partial charge in [0.1, 0.15) is 0 Å². The van der Waals surface area contributed by atoms with E-state index in [1.54, 1.807) is 0 Å². The molecule has 156 valence electrons. The molecule has 7 heteroatoms. The molecule has 0 aromatic heterocycles. The van der Waals surface area contributed by atoms with Gasteiger partial charge in [-0.15, -0.1) is 24.0 Å². The Labute approximate surface area is 190 Å². The molecule has 28 heavy (non-hydrogen) atoms. The van der Waals surface area contributed by atoms with Crippen LogP contribution in [0.15, 0.2) is 23.2 Å². The Morgan fingerprint density at radius 3 is 2.96 bits per heavy atom. The minimum Gasteiger partial charge on any atom is -0.381 e. The first-order valence-corrected chi connectivity index (χ1v) is 10.5. The summed E-state index contributed by atoms with van der Waals surface area (Å²) < 4.78 is 5.66. The predicted octanol–water partition coefficient (Wildman–Crippen LogP) is 3.78. The Morgan fingerprint density at radius 2 is 2.21 bits per heavy atom. The van der Waals surface area contributed by atoms with Crippen molar-refractivity contribution in [1.29, 1.82) is 0 Å². The molecule has 3 saturated heterocycles. The maximum Gasteiger partial charge on any atom is 0.193 e. The second-order valence-corrected chi connectivity index (χ2v) is 8.87.